The molecule has 0 bridgehead atoms. The zero-order valence-corrected chi connectivity index (χ0v) is 17.0. The highest BCUT2D eigenvalue weighted by atomic mass is 32.2. The predicted molar refractivity (Wildman–Crippen MR) is 101 cm³/mol. The lowest BCUT2D eigenvalue weighted by molar-refractivity contribution is -0.154. The van der Waals surface area contributed by atoms with E-state index in [2.05, 4.69) is 26.1 Å². The molecule has 1 aliphatic rings. The van der Waals surface area contributed by atoms with Gasteiger partial charge in [-0.2, -0.15) is 0 Å². The second-order valence-electron chi connectivity index (χ2n) is 7.81. The van der Waals surface area contributed by atoms with Gasteiger partial charge in [0, 0.05) is 6.04 Å². The molecule has 27 heavy (non-hydrogen) atoms. The van der Waals surface area contributed by atoms with Crippen LogP contribution < -0.4 is 10.1 Å². The number of esters is 1. The SMILES string of the molecule is C[C@@H](Oc1ccc(C(C)(C)C)cc1)C(=O)OCC(=O)N[C@H]1CCS(=O)(=O)C1. The standard InChI is InChI=1S/C19H27NO6S/c1-13(26-16-7-5-14(6-8-16)19(2,3)4)18(22)25-11-17(21)20-15-9-10-27(23,24)12-15/h5-8,13,15H,9-12H2,1-4H3,(H,20,21)/t13-,15+/m1/s1. The van der Waals surface area contributed by atoms with Gasteiger partial charge in [0.1, 0.15) is 5.75 Å². The number of ether oxygens (including phenoxy) is 2. The Kier molecular flexibility index (Phi) is 6.51. The number of carbonyl (C=O) groups excluding carboxylic acids is 2. The summed E-state index contributed by atoms with van der Waals surface area (Å²) in [5.74, 6) is -0.655. The van der Waals surface area contributed by atoms with Gasteiger partial charge in [0.2, 0.25) is 0 Å². The van der Waals surface area contributed by atoms with Crippen LogP contribution in [0.5, 0.6) is 5.75 Å². The number of rotatable bonds is 6. The first-order chi connectivity index (χ1) is 12.5. The predicted octanol–water partition coefficient (Wildman–Crippen LogP) is 1.60. The Hall–Kier alpha value is -2.09. The molecule has 1 amide bonds. The van der Waals surface area contributed by atoms with E-state index in [9.17, 15) is 18.0 Å². The van der Waals surface area contributed by atoms with E-state index in [-0.39, 0.29) is 16.9 Å². The lowest BCUT2D eigenvalue weighted by atomic mass is 9.87. The monoisotopic (exact) mass is 397 g/mol. The summed E-state index contributed by atoms with van der Waals surface area (Å²) in [4.78, 5) is 23.8. The van der Waals surface area contributed by atoms with Gasteiger partial charge in [-0.25, -0.2) is 13.2 Å². The van der Waals surface area contributed by atoms with Crippen LogP contribution in [0.1, 0.15) is 39.7 Å². The van der Waals surface area contributed by atoms with E-state index < -0.39 is 40.5 Å². The smallest absolute Gasteiger partial charge is 0.347 e. The molecule has 1 aliphatic heterocycles. The van der Waals surface area contributed by atoms with Crippen LogP contribution in [-0.2, 0) is 29.6 Å². The number of hydrogen-bond donors (Lipinski definition) is 1. The van der Waals surface area contributed by atoms with Gasteiger partial charge in [0.25, 0.3) is 5.91 Å². The van der Waals surface area contributed by atoms with Crippen LogP contribution in [0.3, 0.4) is 0 Å². The van der Waals surface area contributed by atoms with Crippen LogP contribution >= 0.6 is 0 Å². The Labute approximate surface area is 160 Å². The van der Waals surface area contributed by atoms with Crippen molar-refractivity contribution in [3.63, 3.8) is 0 Å². The molecule has 1 aromatic rings. The lowest BCUT2D eigenvalue weighted by Crippen LogP contribution is -2.39. The highest BCUT2D eigenvalue weighted by molar-refractivity contribution is 7.91. The quantitative estimate of drug-likeness (QED) is 0.732. The summed E-state index contributed by atoms with van der Waals surface area (Å²) in [6.07, 6.45) is -0.489. The first kappa shape index (κ1) is 21.2. The van der Waals surface area contributed by atoms with Crippen molar-refractivity contribution in [3.8, 4) is 5.75 Å². The Bertz CT molecular complexity index is 779. The maximum atomic E-state index is 12.0. The fraction of sp³-hybridized carbons (Fsp3) is 0.579. The Morgan fingerprint density at radius 3 is 2.37 bits per heavy atom. The highest BCUT2D eigenvalue weighted by Crippen LogP contribution is 2.24. The Morgan fingerprint density at radius 2 is 1.85 bits per heavy atom. The summed E-state index contributed by atoms with van der Waals surface area (Å²) in [6.45, 7) is 7.40. The first-order valence-electron chi connectivity index (χ1n) is 8.90. The molecule has 0 saturated carbocycles. The van der Waals surface area contributed by atoms with E-state index in [4.69, 9.17) is 9.47 Å². The van der Waals surface area contributed by atoms with Crippen molar-refractivity contribution in [1.82, 2.24) is 5.32 Å². The van der Waals surface area contributed by atoms with Crippen molar-refractivity contribution in [3.05, 3.63) is 29.8 Å². The topological polar surface area (TPSA) is 98.8 Å². The third-order valence-electron chi connectivity index (χ3n) is 4.31. The number of benzene rings is 1. The molecule has 0 aromatic heterocycles. The van der Waals surface area contributed by atoms with E-state index in [0.29, 0.717) is 12.2 Å². The molecular formula is C19H27NO6S. The zero-order valence-electron chi connectivity index (χ0n) is 16.2. The minimum absolute atomic E-state index is 0.0229. The molecule has 1 fully saturated rings. The summed E-state index contributed by atoms with van der Waals surface area (Å²) in [5, 5.41) is 2.56. The van der Waals surface area contributed by atoms with Crippen LogP contribution in [0.4, 0.5) is 0 Å². The number of sulfone groups is 1. The molecule has 1 saturated heterocycles. The van der Waals surface area contributed by atoms with Gasteiger partial charge in [0.05, 0.1) is 11.5 Å². The molecule has 1 heterocycles. The van der Waals surface area contributed by atoms with Crippen molar-refractivity contribution in [2.45, 2.75) is 51.7 Å². The van der Waals surface area contributed by atoms with Gasteiger partial charge in [-0.05, 0) is 36.5 Å². The molecule has 7 nitrogen and oxygen atoms in total. The second-order valence-corrected chi connectivity index (χ2v) is 10.0. The number of hydrogen-bond acceptors (Lipinski definition) is 6. The van der Waals surface area contributed by atoms with E-state index in [0.717, 1.165) is 5.56 Å². The fourth-order valence-corrected chi connectivity index (χ4v) is 4.39. The molecule has 1 aromatic carbocycles. The van der Waals surface area contributed by atoms with Crippen molar-refractivity contribution in [2.75, 3.05) is 18.1 Å². The van der Waals surface area contributed by atoms with E-state index in [1.165, 1.54) is 0 Å². The van der Waals surface area contributed by atoms with E-state index in [1.54, 1.807) is 19.1 Å². The molecule has 8 heteroatoms. The molecular weight excluding hydrogens is 370 g/mol. The zero-order chi connectivity index (χ0) is 20.2. The summed E-state index contributed by atoms with van der Waals surface area (Å²) in [7, 11) is -3.08. The molecule has 2 atom stereocenters. The van der Waals surface area contributed by atoms with Crippen LogP contribution in [0, 0.1) is 0 Å². The largest absolute Gasteiger partial charge is 0.479 e. The van der Waals surface area contributed by atoms with E-state index in [1.807, 2.05) is 12.1 Å². The van der Waals surface area contributed by atoms with Gasteiger partial charge in [-0.15, -0.1) is 0 Å². The van der Waals surface area contributed by atoms with Crippen molar-refractivity contribution in [1.29, 1.82) is 0 Å². The Morgan fingerprint density at radius 1 is 1.22 bits per heavy atom. The molecule has 2 rings (SSSR count). The van der Waals surface area contributed by atoms with Crippen LogP contribution in [-0.4, -0.2) is 50.6 Å². The molecule has 1 N–H and O–H groups in total. The summed E-state index contributed by atoms with van der Waals surface area (Å²) < 4.78 is 33.3. The lowest BCUT2D eigenvalue weighted by Gasteiger charge is -2.20. The van der Waals surface area contributed by atoms with Gasteiger partial charge in [0.15, 0.2) is 22.5 Å². The van der Waals surface area contributed by atoms with Crippen molar-refractivity contribution >= 4 is 21.7 Å². The third-order valence-corrected chi connectivity index (χ3v) is 6.08. The van der Waals surface area contributed by atoms with Gasteiger partial charge >= 0.3 is 5.97 Å². The van der Waals surface area contributed by atoms with Gasteiger partial charge in [-0.3, -0.25) is 4.79 Å². The average molecular weight is 397 g/mol. The first-order valence-corrected chi connectivity index (χ1v) is 10.7. The van der Waals surface area contributed by atoms with Crippen LogP contribution in [0.15, 0.2) is 24.3 Å². The third kappa shape index (κ3) is 6.53. The van der Waals surface area contributed by atoms with Gasteiger partial charge in [-0.1, -0.05) is 32.9 Å². The van der Waals surface area contributed by atoms with E-state index >= 15 is 0 Å². The minimum Gasteiger partial charge on any atom is -0.479 e. The molecule has 0 spiro atoms. The normalized spacial score (nSPS) is 19.9. The number of amides is 1. The van der Waals surface area contributed by atoms with Gasteiger partial charge < -0.3 is 14.8 Å². The fourth-order valence-electron chi connectivity index (χ4n) is 2.72. The average Bonchev–Trinajstić information content (AvgIpc) is 2.90. The summed E-state index contributed by atoms with van der Waals surface area (Å²) >= 11 is 0. The summed E-state index contributed by atoms with van der Waals surface area (Å²) in [5.41, 5.74) is 1.17. The maximum absolute atomic E-state index is 12.0. The molecule has 150 valence electrons. The molecule has 0 unspecified atom stereocenters. The number of carbonyl (C=O) groups is 2. The minimum atomic E-state index is -3.08. The molecule has 0 aliphatic carbocycles. The maximum Gasteiger partial charge on any atom is 0.347 e. The number of nitrogens with one attached hydrogen (secondary N) is 1. The van der Waals surface area contributed by atoms with Crippen LogP contribution in [0.25, 0.3) is 0 Å². The van der Waals surface area contributed by atoms with Crippen LogP contribution in [0.2, 0.25) is 0 Å². The van der Waals surface area contributed by atoms with Crippen molar-refractivity contribution < 1.29 is 27.5 Å². The molecule has 0 radical (unpaired) electrons. The highest BCUT2D eigenvalue weighted by Gasteiger charge is 2.29. The van der Waals surface area contributed by atoms with Crippen molar-refractivity contribution in [2.24, 2.45) is 0 Å². The Balaban J connectivity index is 1.77. The second kappa shape index (κ2) is 8.29. The summed E-state index contributed by atoms with van der Waals surface area (Å²) in [6, 6.07) is 7.04.